The highest BCUT2D eigenvalue weighted by molar-refractivity contribution is 6.23. The van der Waals surface area contributed by atoms with Crippen molar-refractivity contribution in [3.8, 4) is 0 Å². The SMILES string of the molecule is Cc1ccc2c(ccc3c2c2cccc4c(=O)n(CCN(C)C)c(=O)n3c42)c1. The van der Waals surface area contributed by atoms with Crippen molar-refractivity contribution in [3.63, 3.8) is 0 Å². The molecule has 0 aliphatic rings. The molecule has 5 nitrogen and oxygen atoms in total. The van der Waals surface area contributed by atoms with Crippen LogP contribution in [-0.4, -0.2) is 34.5 Å². The molecule has 5 aromatic rings. The van der Waals surface area contributed by atoms with Gasteiger partial charge < -0.3 is 4.90 Å². The molecule has 28 heavy (non-hydrogen) atoms. The van der Waals surface area contributed by atoms with E-state index in [2.05, 4.69) is 31.2 Å². The quantitative estimate of drug-likeness (QED) is 0.489. The summed E-state index contributed by atoms with van der Waals surface area (Å²) in [7, 11) is 3.87. The van der Waals surface area contributed by atoms with Gasteiger partial charge in [-0.25, -0.2) is 4.79 Å². The molecule has 2 heterocycles. The number of likely N-dealkylation sites (N-methyl/N-ethyl adjacent to an activating group) is 1. The Bertz CT molecular complexity index is 1490. The summed E-state index contributed by atoms with van der Waals surface area (Å²) in [5, 5.41) is 4.82. The lowest BCUT2D eigenvalue weighted by atomic mass is 10.0. The fraction of sp³-hybridized carbons (Fsp3) is 0.217. The molecule has 3 aromatic carbocycles. The van der Waals surface area contributed by atoms with E-state index in [1.54, 1.807) is 4.40 Å². The fourth-order valence-corrected chi connectivity index (χ4v) is 4.24. The molecule has 0 unspecified atom stereocenters. The summed E-state index contributed by atoms with van der Waals surface area (Å²) in [6.45, 7) is 3.07. The highest BCUT2D eigenvalue weighted by Gasteiger charge is 2.19. The summed E-state index contributed by atoms with van der Waals surface area (Å²) >= 11 is 0. The van der Waals surface area contributed by atoms with Crippen LogP contribution < -0.4 is 11.2 Å². The van der Waals surface area contributed by atoms with Gasteiger partial charge in [0.25, 0.3) is 5.56 Å². The van der Waals surface area contributed by atoms with Gasteiger partial charge in [0.15, 0.2) is 0 Å². The standard InChI is InChI=1S/C23H21N3O2/c1-14-7-9-16-15(13-14)8-10-19-20(16)17-5-4-6-18-21(17)26(19)23(28)25(22(18)27)12-11-24(2)3/h4-10,13H,11-12H2,1-3H3. The molecule has 5 heteroatoms. The molecule has 0 saturated heterocycles. The number of aromatic nitrogens is 2. The molecule has 0 bridgehead atoms. The van der Waals surface area contributed by atoms with Crippen molar-refractivity contribution in [1.29, 1.82) is 0 Å². The summed E-state index contributed by atoms with van der Waals surface area (Å²) in [5.41, 5.74) is 2.29. The van der Waals surface area contributed by atoms with Crippen molar-refractivity contribution < 1.29 is 0 Å². The lowest BCUT2D eigenvalue weighted by Gasteiger charge is -2.12. The van der Waals surface area contributed by atoms with Gasteiger partial charge in [-0.3, -0.25) is 13.8 Å². The van der Waals surface area contributed by atoms with Crippen LogP contribution in [0.2, 0.25) is 0 Å². The average molecular weight is 371 g/mol. The van der Waals surface area contributed by atoms with Crippen molar-refractivity contribution in [2.24, 2.45) is 0 Å². The Kier molecular flexibility index (Phi) is 3.58. The zero-order chi connectivity index (χ0) is 19.6. The van der Waals surface area contributed by atoms with Crippen molar-refractivity contribution in [2.75, 3.05) is 20.6 Å². The molecule has 0 aliphatic carbocycles. The zero-order valence-electron chi connectivity index (χ0n) is 16.2. The highest BCUT2D eigenvalue weighted by atomic mass is 16.2. The Morgan fingerprint density at radius 1 is 0.929 bits per heavy atom. The molecule has 0 saturated carbocycles. The van der Waals surface area contributed by atoms with E-state index in [9.17, 15) is 9.59 Å². The van der Waals surface area contributed by atoms with E-state index in [-0.39, 0.29) is 11.2 Å². The number of hydrogen-bond donors (Lipinski definition) is 0. The summed E-state index contributed by atoms with van der Waals surface area (Å²) < 4.78 is 3.08. The van der Waals surface area contributed by atoms with Crippen LogP contribution in [0.25, 0.3) is 38.0 Å². The molecule has 0 fully saturated rings. The second kappa shape index (κ2) is 5.91. The minimum absolute atomic E-state index is 0.215. The van der Waals surface area contributed by atoms with E-state index < -0.39 is 0 Å². The maximum atomic E-state index is 13.3. The Balaban J connectivity index is 2.01. The van der Waals surface area contributed by atoms with Gasteiger partial charge in [0.05, 0.1) is 16.4 Å². The van der Waals surface area contributed by atoms with Gasteiger partial charge in [-0.1, -0.05) is 42.0 Å². The van der Waals surface area contributed by atoms with Gasteiger partial charge in [-0.15, -0.1) is 0 Å². The van der Waals surface area contributed by atoms with E-state index in [0.717, 1.165) is 32.6 Å². The molecule has 140 valence electrons. The van der Waals surface area contributed by atoms with Crippen LogP contribution in [0, 0.1) is 6.92 Å². The maximum absolute atomic E-state index is 13.3. The number of aryl methyl sites for hydroxylation is 1. The normalized spacial score (nSPS) is 12.3. The summed E-state index contributed by atoms with van der Waals surface area (Å²) in [5.74, 6) is 0. The monoisotopic (exact) mass is 371 g/mol. The number of benzene rings is 3. The summed E-state index contributed by atoms with van der Waals surface area (Å²) in [6, 6.07) is 16.1. The summed E-state index contributed by atoms with van der Waals surface area (Å²) in [4.78, 5) is 28.4. The van der Waals surface area contributed by atoms with Gasteiger partial charge >= 0.3 is 5.69 Å². The molecule has 0 amide bonds. The van der Waals surface area contributed by atoms with Crippen LogP contribution in [0.3, 0.4) is 0 Å². The number of nitrogens with zero attached hydrogens (tertiary/aromatic N) is 3. The minimum atomic E-state index is -0.267. The predicted molar refractivity (Wildman–Crippen MR) is 115 cm³/mol. The highest BCUT2D eigenvalue weighted by Crippen LogP contribution is 2.35. The maximum Gasteiger partial charge on any atom is 0.336 e. The van der Waals surface area contributed by atoms with E-state index in [0.29, 0.717) is 18.5 Å². The first-order valence-corrected chi connectivity index (χ1v) is 9.45. The van der Waals surface area contributed by atoms with E-state index in [1.807, 2.05) is 43.3 Å². The Morgan fingerprint density at radius 2 is 1.71 bits per heavy atom. The third-order valence-corrected chi connectivity index (χ3v) is 5.59. The van der Waals surface area contributed by atoms with Crippen LogP contribution in [0.4, 0.5) is 0 Å². The number of fused-ring (bicyclic) bond motifs is 5. The van der Waals surface area contributed by atoms with Crippen LogP contribution in [0.5, 0.6) is 0 Å². The average Bonchev–Trinajstić information content (AvgIpc) is 3.01. The molecule has 0 N–H and O–H groups in total. The van der Waals surface area contributed by atoms with Gasteiger partial charge in [0.2, 0.25) is 0 Å². The van der Waals surface area contributed by atoms with Crippen LogP contribution in [0.15, 0.2) is 58.1 Å². The van der Waals surface area contributed by atoms with Crippen LogP contribution >= 0.6 is 0 Å². The first kappa shape index (κ1) is 17.0. The lowest BCUT2D eigenvalue weighted by molar-refractivity contribution is 0.376. The molecule has 2 aromatic heterocycles. The number of hydrogen-bond acceptors (Lipinski definition) is 3. The Labute approximate surface area is 161 Å². The van der Waals surface area contributed by atoms with Gasteiger partial charge in [-0.05, 0) is 43.9 Å². The second-order valence-electron chi connectivity index (χ2n) is 7.76. The molecule has 5 rings (SSSR count). The van der Waals surface area contributed by atoms with Crippen LogP contribution in [-0.2, 0) is 6.54 Å². The van der Waals surface area contributed by atoms with E-state index in [1.165, 1.54) is 10.1 Å². The van der Waals surface area contributed by atoms with Crippen molar-refractivity contribution in [2.45, 2.75) is 13.5 Å². The smallest absolute Gasteiger partial charge is 0.308 e. The lowest BCUT2D eigenvalue weighted by Crippen LogP contribution is -2.39. The van der Waals surface area contributed by atoms with E-state index >= 15 is 0 Å². The van der Waals surface area contributed by atoms with Gasteiger partial charge in [-0.2, -0.15) is 0 Å². The first-order valence-electron chi connectivity index (χ1n) is 9.45. The van der Waals surface area contributed by atoms with E-state index in [4.69, 9.17) is 0 Å². The van der Waals surface area contributed by atoms with Gasteiger partial charge in [0, 0.05) is 23.9 Å². The largest absolute Gasteiger partial charge is 0.336 e. The fourth-order valence-electron chi connectivity index (χ4n) is 4.24. The predicted octanol–water partition coefficient (Wildman–Crippen LogP) is 3.23. The topological polar surface area (TPSA) is 46.7 Å². The molecule has 0 atom stereocenters. The van der Waals surface area contributed by atoms with Crippen molar-refractivity contribution in [1.82, 2.24) is 13.9 Å². The van der Waals surface area contributed by atoms with Crippen molar-refractivity contribution >= 4 is 38.0 Å². The molecular weight excluding hydrogens is 350 g/mol. The zero-order valence-corrected chi connectivity index (χ0v) is 16.2. The molecule has 0 radical (unpaired) electrons. The number of para-hydroxylation sites is 1. The van der Waals surface area contributed by atoms with Crippen LogP contribution in [0.1, 0.15) is 5.56 Å². The first-order chi connectivity index (χ1) is 13.5. The minimum Gasteiger partial charge on any atom is -0.308 e. The molecule has 0 aliphatic heterocycles. The Hall–Kier alpha value is -3.18. The third-order valence-electron chi connectivity index (χ3n) is 5.59. The van der Waals surface area contributed by atoms with Gasteiger partial charge in [0.1, 0.15) is 0 Å². The molecule has 0 spiro atoms. The third kappa shape index (κ3) is 2.23. The Morgan fingerprint density at radius 3 is 2.50 bits per heavy atom. The molecular formula is C23H21N3O2. The second-order valence-corrected chi connectivity index (χ2v) is 7.76. The number of rotatable bonds is 3. The summed E-state index contributed by atoms with van der Waals surface area (Å²) in [6.07, 6.45) is 0. The van der Waals surface area contributed by atoms with Crippen molar-refractivity contribution in [3.05, 3.63) is 74.9 Å².